The minimum atomic E-state index is -0.458. The van der Waals surface area contributed by atoms with E-state index in [1.54, 1.807) is 0 Å². The van der Waals surface area contributed by atoms with Gasteiger partial charge in [0.2, 0.25) is 5.88 Å². The van der Waals surface area contributed by atoms with Gasteiger partial charge in [-0.2, -0.15) is 0 Å². The van der Waals surface area contributed by atoms with Crippen LogP contribution in [0.1, 0.15) is 28.4 Å². The molecule has 2 aromatic heterocycles. The molecule has 2 aromatic carbocycles. The quantitative estimate of drug-likeness (QED) is 0.385. The standard InChI is InChI=1S/C22H20N4O2S/c1-12-6-2-5-9-16(12)26-21(28)17(20(27)25-22(26)29)19-18-14(10-11-23-19)13-7-3-4-8-15(13)24-18/h2-9,19,23-24,28H,10-11H2,1H3,(H,25,27,29)/t19-/m1/s1. The first kappa shape index (κ1) is 17.9. The number of nitrogens with one attached hydrogen (secondary N) is 3. The Morgan fingerprint density at radius 3 is 2.69 bits per heavy atom. The van der Waals surface area contributed by atoms with Crippen LogP contribution in [0.15, 0.2) is 53.3 Å². The van der Waals surface area contributed by atoms with Crippen LogP contribution < -0.4 is 10.9 Å². The molecule has 6 nitrogen and oxygen atoms in total. The first-order valence-corrected chi connectivity index (χ1v) is 9.94. The lowest BCUT2D eigenvalue weighted by Crippen LogP contribution is -2.35. The van der Waals surface area contributed by atoms with Crippen LogP contribution >= 0.6 is 12.2 Å². The topological polar surface area (TPSA) is 85.8 Å². The number of aryl methyl sites for hydroxylation is 1. The molecule has 0 bridgehead atoms. The number of para-hydroxylation sites is 2. The van der Waals surface area contributed by atoms with Gasteiger partial charge in [0.25, 0.3) is 5.56 Å². The molecule has 0 aliphatic carbocycles. The van der Waals surface area contributed by atoms with Gasteiger partial charge in [0.05, 0.1) is 11.7 Å². The van der Waals surface area contributed by atoms with E-state index in [4.69, 9.17) is 12.2 Å². The van der Waals surface area contributed by atoms with E-state index in [2.05, 4.69) is 21.4 Å². The van der Waals surface area contributed by atoms with E-state index in [-0.39, 0.29) is 21.8 Å². The van der Waals surface area contributed by atoms with E-state index in [1.807, 2.05) is 49.4 Å². The maximum absolute atomic E-state index is 12.9. The summed E-state index contributed by atoms with van der Waals surface area (Å²) >= 11 is 5.38. The number of rotatable bonds is 2. The first-order valence-electron chi connectivity index (χ1n) is 9.53. The predicted octanol–water partition coefficient (Wildman–Crippen LogP) is 3.63. The van der Waals surface area contributed by atoms with Crippen molar-refractivity contribution in [1.82, 2.24) is 19.9 Å². The van der Waals surface area contributed by atoms with E-state index in [0.29, 0.717) is 6.54 Å². The van der Waals surface area contributed by atoms with Crippen LogP contribution in [0.2, 0.25) is 0 Å². The van der Waals surface area contributed by atoms with Gasteiger partial charge in [0.1, 0.15) is 5.56 Å². The Bertz CT molecular complexity index is 1370. The molecule has 1 aliphatic rings. The Balaban J connectivity index is 1.77. The van der Waals surface area contributed by atoms with Crippen molar-refractivity contribution < 1.29 is 5.11 Å². The molecule has 0 fully saturated rings. The Hall–Kier alpha value is -3.16. The summed E-state index contributed by atoms with van der Waals surface area (Å²) in [4.78, 5) is 19.1. The third kappa shape index (κ3) is 2.73. The van der Waals surface area contributed by atoms with Crippen molar-refractivity contribution in [3.63, 3.8) is 0 Å². The minimum Gasteiger partial charge on any atom is -0.494 e. The number of aromatic amines is 2. The molecule has 0 unspecified atom stereocenters. The summed E-state index contributed by atoms with van der Waals surface area (Å²) in [5.74, 6) is -0.142. The number of hydrogen-bond acceptors (Lipinski definition) is 4. The number of nitrogens with zero attached hydrogens (tertiary/aromatic N) is 1. The van der Waals surface area contributed by atoms with Gasteiger partial charge < -0.3 is 15.4 Å². The van der Waals surface area contributed by atoms with Crippen molar-refractivity contribution in [3.8, 4) is 11.6 Å². The van der Waals surface area contributed by atoms with Crippen LogP contribution in [0.3, 0.4) is 0 Å². The van der Waals surface area contributed by atoms with E-state index in [0.717, 1.165) is 34.3 Å². The van der Waals surface area contributed by atoms with Crippen LogP contribution in [0.5, 0.6) is 5.88 Å². The van der Waals surface area contributed by atoms with Crippen molar-refractivity contribution in [2.45, 2.75) is 19.4 Å². The molecule has 4 N–H and O–H groups in total. The van der Waals surface area contributed by atoms with Gasteiger partial charge in [-0.15, -0.1) is 0 Å². The number of H-pyrrole nitrogens is 2. The smallest absolute Gasteiger partial charge is 0.260 e. The second-order valence-electron chi connectivity index (χ2n) is 7.32. The van der Waals surface area contributed by atoms with E-state index >= 15 is 0 Å². The average molecular weight is 404 g/mol. The van der Waals surface area contributed by atoms with E-state index < -0.39 is 6.04 Å². The predicted molar refractivity (Wildman–Crippen MR) is 115 cm³/mol. The normalized spacial score (nSPS) is 16.1. The summed E-state index contributed by atoms with van der Waals surface area (Å²) in [5, 5.41) is 15.7. The van der Waals surface area contributed by atoms with Gasteiger partial charge in [-0.05, 0) is 48.8 Å². The number of hydrogen-bond donors (Lipinski definition) is 4. The Morgan fingerprint density at radius 2 is 1.86 bits per heavy atom. The molecule has 146 valence electrons. The fourth-order valence-electron chi connectivity index (χ4n) is 4.26. The number of aromatic nitrogens is 3. The van der Waals surface area contributed by atoms with E-state index in [1.165, 1.54) is 10.1 Å². The molecule has 0 radical (unpaired) electrons. The van der Waals surface area contributed by atoms with Crippen molar-refractivity contribution in [3.05, 3.63) is 86.0 Å². The summed E-state index contributed by atoms with van der Waals surface area (Å²) in [6.07, 6.45) is 0.853. The second kappa shape index (κ2) is 6.72. The molecule has 1 aliphatic heterocycles. The second-order valence-corrected chi connectivity index (χ2v) is 7.71. The molecule has 0 spiro atoms. The molecule has 1 atom stereocenters. The number of benzene rings is 2. The lowest BCUT2D eigenvalue weighted by atomic mass is 9.95. The SMILES string of the molecule is Cc1ccccc1-n1c(O)c([C@H]2NCCc3c2[nH]c2ccccc32)c(=O)[nH]c1=S. The highest BCUT2D eigenvalue weighted by Gasteiger charge is 2.31. The van der Waals surface area contributed by atoms with Crippen LogP contribution in [0, 0.1) is 11.7 Å². The third-order valence-corrected chi connectivity index (χ3v) is 5.91. The number of fused-ring (bicyclic) bond motifs is 3. The lowest BCUT2D eigenvalue weighted by molar-refractivity contribution is 0.412. The van der Waals surface area contributed by atoms with Gasteiger partial charge >= 0.3 is 0 Å². The highest BCUT2D eigenvalue weighted by atomic mass is 32.1. The average Bonchev–Trinajstić information content (AvgIpc) is 3.09. The summed E-state index contributed by atoms with van der Waals surface area (Å²) in [7, 11) is 0. The van der Waals surface area contributed by atoms with Gasteiger partial charge in [-0.3, -0.25) is 14.3 Å². The fourth-order valence-corrected chi connectivity index (χ4v) is 4.54. The zero-order chi connectivity index (χ0) is 20.1. The lowest BCUT2D eigenvalue weighted by Gasteiger charge is -2.26. The molecule has 3 heterocycles. The monoisotopic (exact) mass is 404 g/mol. The summed E-state index contributed by atoms with van der Waals surface area (Å²) in [5.41, 5.74) is 4.66. The van der Waals surface area contributed by atoms with Crippen molar-refractivity contribution in [1.29, 1.82) is 0 Å². The fraction of sp³-hybridized carbons (Fsp3) is 0.182. The molecular weight excluding hydrogens is 384 g/mol. The highest BCUT2D eigenvalue weighted by Crippen LogP contribution is 2.35. The molecule has 4 aromatic rings. The van der Waals surface area contributed by atoms with E-state index in [9.17, 15) is 9.90 Å². The maximum atomic E-state index is 12.9. The molecule has 0 saturated carbocycles. The third-order valence-electron chi connectivity index (χ3n) is 5.62. The highest BCUT2D eigenvalue weighted by molar-refractivity contribution is 7.71. The molecule has 29 heavy (non-hydrogen) atoms. The van der Waals surface area contributed by atoms with Crippen LogP contribution in [-0.2, 0) is 6.42 Å². The van der Waals surface area contributed by atoms with Gasteiger partial charge in [0, 0.05) is 23.1 Å². The van der Waals surface area contributed by atoms with Crippen LogP contribution in [-0.4, -0.2) is 26.2 Å². The molecule has 5 rings (SSSR count). The zero-order valence-electron chi connectivity index (χ0n) is 15.8. The zero-order valence-corrected chi connectivity index (χ0v) is 16.6. The molecular formula is C22H20N4O2S. The summed E-state index contributed by atoms with van der Waals surface area (Å²) in [6.45, 7) is 2.65. The van der Waals surface area contributed by atoms with Crippen molar-refractivity contribution in [2.75, 3.05) is 6.54 Å². The molecule has 7 heteroatoms. The maximum Gasteiger partial charge on any atom is 0.260 e. The Labute approximate surface area is 171 Å². The molecule has 0 saturated heterocycles. The molecule has 0 amide bonds. The summed E-state index contributed by atoms with van der Waals surface area (Å²) in [6, 6.07) is 15.2. The summed E-state index contributed by atoms with van der Waals surface area (Å²) < 4.78 is 1.69. The largest absolute Gasteiger partial charge is 0.494 e. The van der Waals surface area contributed by atoms with Gasteiger partial charge in [-0.25, -0.2) is 0 Å². The van der Waals surface area contributed by atoms with Gasteiger partial charge in [-0.1, -0.05) is 36.4 Å². The first-order chi connectivity index (χ1) is 14.1. The Kier molecular flexibility index (Phi) is 4.15. The van der Waals surface area contributed by atoms with Crippen molar-refractivity contribution in [2.24, 2.45) is 0 Å². The van der Waals surface area contributed by atoms with Gasteiger partial charge in [0.15, 0.2) is 4.77 Å². The van der Waals surface area contributed by atoms with Crippen LogP contribution in [0.4, 0.5) is 0 Å². The van der Waals surface area contributed by atoms with Crippen molar-refractivity contribution >= 4 is 23.1 Å². The van der Waals surface area contributed by atoms with Crippen LogP contribution in [0.25, 0.3) is 16.6 Å². The number of aromatic hydroxyl groups is 1. The minimum absolute atomic E-state index is 0.142. The Morgan fingerprint density at radius 1 is 1.10 bits per heavy atom.